The second kappa shape index (κ2) is 5.80. The number of furan rings is 1. The predicted octanol–water partition coefficient (Wildman–Crippen LogP) is 2.75. The Morgan fingerprint density at radius 2 is 2.00 bits per heavy atom. The molecular formula is C14H11ClN4O2. The molecule has 0 aliphatic carbocycles. The molecule has 0 bridgehead atoms. The maximum Gasteiger partial charge on any atom is 0.274 e. The van der Waals surface area contributed by atoms with Gasteiger partial charge in [-0.05, 0) is 36.4 Å². The second-order valence-electron chi connectivity index (χ2n) is 4.34. The lowest BCUT2D eigenvalue weighted by Gasteiger charge is -2.05. The average molecular weight is 303 g/mol. The number of nitrogens with one attached hydrogen (secondary N) is 2. The lowest BCUT2D eigenvalue weighted by molar-refractivity contribution is 0.517. The third-order valence-electron chi connectivity index (χ3n) is 2.79. The molecule has 7 heteroatoms. The Hall–Kier alpha value is -2.60. The van der Waals surface area contributed by atoms with Crippen molar-refractivity contribution in [3.63, 3.8) is 0 Å². The normalized spacial score (nSPS) is 10.5. The van der Waals surface area contributed by atoms with Crippen molar-refractivity contribution in [3.8, 4) is 0 Å². The van der Waals surface area contributed by atoms with E-state index < -0.39 is 0 Å². The average Bonchev–Trinajstić information content (AvgIpc) is 2.97. The number of rotatable bonds is 4. The number of hydrogen-bond acceptors (Lipinski definition) is 5. The van der Waals surface area contributed by atoms with Crippen molar-refractivity contribution in [2.24, 2.45) is 0 Å². The van der Waals surface area contributed by atoms with Gasteiger partial charge >= 0.3 is 0 Å². The molecule has 2 aromatic heterocycles. The number of H-pyrrole nitrogens is 1. The first-order valence-corrected chi connectivity index (χ1v) is 6.59. The van der Waals surface area contributed by atoms with E-state index in [4.69, 9.17) is 16.0 Å². The lowest BCUT2D eigenvalue weighted by Crippen LogP contribution is -2.18. The number of halogens is 1. The van der Waals surface area contributed by atoms with Crippen LogP contribution in [0.5, 0.6) is 0 Å². The molecule has 0 saturated heterocycles. The minimum absolute atomic E-state index is 0.269. The summed E-state index contributed by atoms with van der Waals surface area (Å²) < 4.78 is 5.18. The van der Waals surface area contributed by atoms with Gasteiger partial charge < -0.3 is 9.73 Å². The Labute approximate surface area is 124 Å². The molecule has 0 unspecified atom stereocenters. The van der Waals surface area contributed by atoms with E-state index in [0.717, 1.165) is 5.69 Å². The molecule has 1 aromatic carbocycles. The monoisotopic (exact) mass is 302 g/mol. The van der Waals surface area contributed by atoms with E-state index in [1.54, 1.807) is 42.7 Å². The Balaban J connectivity index is 1.77. The Kier molecular flexibility index (Phi) is 3.70. The number of anilines is 2. The van der Waals surface area contributed by atoms with Gasteiger partial charge in [0.1, 0.15) is 11.5 Å². The molecule has 106 valence electrons. The first kappa shape index (κ1) is 13.4. The summed E-state index contributed by atoms with van der Waals surface area (Å²) in [6.45, 7) is 0. The summed E-state index contributed by atoms with van der Waals surface area (Å²) in [5, 5.41) is 11.5. The highest BCUT2D eigenvalue weighted by Gasteiger charge is 2.07. The van der Waals surface area contributed by atoms with Crippen LogP contribution in [-0.2, 0) is 6.42 Å². The van der Waals surface area contributed by atoms with E-state index in [1.807, 2.05) is 0 Å². The molecule has 0 radical (unpaired) electrons. The van der Waals surface area contributed by atoms with Crippen LogP contribution in [0.15, 0.2) is 51.9 Å². The molecule has 0 saturated carbocycles. The molecule has 0 spiro atoms. The summed E-state index contributed by atoms with van der Waals surface area (Å²) in [6, 6.07) is 10.6. The van der Waals surface area contributed by atoms with Crippen LogP contribution in [0.25, 0.3) is 0 Å². The van der Waals surface area contributed by atoms with Gasteiger partial charge in [-0.25, -0.2) is 0 Å². The summed E-state index contributed by atoms with van der Waals surface area (Å²) >= 11 is 5.81. The van der Waals surface area contributed by atoms with Crippen LogP contribution in [0.1, 0.15) is 11.5 Å². The number of hydrogen-bond donors (Lipinski definition) is 2. The number of benzene rings is 1. The van der Waals surface area contributed by atoms with Crippen LogP contribution in [0.2, 0.25) is 5.02 Å². The molecule has 2 N–H and O–H groups in total. The number of aromatic nitrogens is 3. The molecule has 3 aromatic rings. The maximum absolute atomic E-state index is 11.9. The summed E-state index contributed by atoms with van der Waals surface area (Å²) in [5.41, 5.74) is 0.743. The molecule has 0 amide bonds. The van der Waals surface area contributed by atoms with Gasteiger partial charge in [-0.3, -0.25) is 9.78 Å². The third kappa shape index (κ3) is 3.29. The van der Waals surface area contributed by atoms with Crippen molar-refractivity contribution in [1.29, 1.82) is 0 Å². The minimum Gasteiger partial charge on any atom is -0.469 e. The highest BCUT2D eigenvalue weighted by molar-refractivity contribution is 6.30. The SMILES string of the molecule is O=c1[nH]c(Nc2ccc(Cl)cc2)nnc1Cc1ccco1. The molecule has 0 aliphatic rings. The van der Waals surface area contributed by atoms with Crippen LogP contribution >= 0.6 is 11.6 Å². The van der Waals surface area contributed by atoms with E-state index in [0.29, 0.717) is 22.9 Å². The van der Waals surface area contributed by atoms with Crippen molar-refractivity contribution < 1.29 is 4.42 Å². The largest absolute Gasteiger partial charge is 0.469 e. The Bertz CT molecular complexity index is 781. The van der Waals surface area contributed by atoms with Gasteiger partial charge in [0.2, 0.25) is 5.95 Å². The number of aromatic amines is 1. The van der Waals surface area contributed by atoms with Crippen LogP contribution in [0.4, 0.5) is 11.6 Å². The van der Waals surface area contributed by atoms with Crippen molar-refractivity contribution in [3.05, 3.63) is 69.5 Å². The summed E-state index contributed by atoms with van der Waals surface area (Å²) in [5.74, 6) is 0.929. The first-order valence-electron chi connectivity index (χ1n) is 6.21. The van der Waals surface area contributed by atoms with Crippen LogP contribution in [0.3, 0.4) is 0 Å². The molecule has 6 nitrogen and oxygen atoms in total. The standard InChI is InChI=1S/C14H11ClN4O2/c15-9-3-5-10(6-4-9)16-14-17-13(20)12(18-19-14)8-11-2-1-7-21-11/h1-7H,8H2,(H2,16,17,19,20). The van der Waals surface area contributed by atoms with Gasteiger partial charge in [0.15, 0.2) is 0 Å². The molecule has 0 atom stereocenters. The van der Waals surface area contributed by atoms with E-state index in [2.05, 4.69) is 20.5 Å². The molecule has 2 heterocycles. The van der Waals surface area contributed by atoms with Crippen LogP contribution < -0.4 is 10.9 Å². The van der Waals surface area contributed by atoms with Gasteiger partial charge in [0, 0.05) is 10.7 Å². The fourth-order valence-electron chi connectivity index (χ4n) is 1.78. The minimum atomic E-state index is -0.308. The fourth-order valence-corrected chi connectivity index (χ4v) is 1.91. The van der Waals surface area contributed by atoms with Gasteiger partial charge in [-0.1, -0.05) is 11.6 Å². The molecule has 21 heavy (non-hydrogen) atoms. The summed E-state index contributed by atoms with van der Waals surface area (Å²) in [6.07, 6.45) is 1.85. The topological polar surface area (TPSA) is 83.8 Å². The van der Waals surface area contributed by atoms with Crippen molar-refractivity contribution in [2.45, 2.75) is 6.42 Å². The quantitative estimate of drug-likeness (QED) is 0.774. The Morgan fingerprint density at radius 3 is 2.67 bits per heavy atom. The van der Waals surface area contributed by atoms with Gasteiger partial charge in [0.05, 0.1) is 12.7 Å². The van der Waals surface area contributed by atoms with Gasteiger partial charge in [-0.2, -0.15) is 0 Å². The van der Waals surface area contributed by atoms with E-state index in [-0.39, 0.29) is 11.5 Å². The summed E-state index contributed by atoms with van der Waals surface area (Å²) in [4.78, 5) is 14.6. The first-order chi connectivity index (χ1) is 10.2. The second-order valence-corrected chi connectivity index (χ2v) is 4.77. The van der Waals surface area contributed by atoms with E-state index in [9.17, 15) is 4.79 Å². The zero-order chi connectivity index (χ0) is 14.7. The number of nitrogens with zero attached hydrogens (tertiary/aromatic N) is 2. The third-order valence-corrected chi connectivity index (χ3v) is 3.05. The fraction of sp³-hybridized carbons (Fsp3) is 0.0714. The van der Waals surface area contributed by atoms with Gasteiger partial charge in [-0.15, -0.1) is 10.2 Å². The molecule has 0 fully saturated rings. The van der Waals surface area contributed by atoms with Crippen molar-refractivity contribution in [2.75, 3.05) is 5.32 Å². The highest BCUT2D eigenvalue weighted by atomic mass is 35.5. The van der Waals surface area contributed by atoms with E-state index in [1.165, 1.54) is 0 Å². The van der Waals surface area contributed by atoms with E-state index >= 15 is 0 Å². The maximum atomic E-state index is 11.9. The van der Waals surface area contributed by atoms with Crippen molar-refractivity contribution >= 4 is 23.2 Å². The lowest BCUT2D eigenvalue weighted by atomic mass is 10.2. The van der Waals surface area contributed by atoms with Crippen molar-refractivity contribution in [1.82, 2.24) is 15.2 Å². The molecule has 0 aliphatic heterocycles. The zero-order valence-corrected chi connectivity index (χ0v) is 11.6. The van der Waals surface area contributed by atoms with Crippen LogP contribution in [-0.4, -0.2) is 15.2 Å². The molecule has 3 rings (SSSR count). The zero-order valence-electron chi connectivity index (χ0n) is 10.8. The summed E-state index contributed by atoms with van der Waals surface area (Å²) in [7, 11) is 0. The highest BCUT2D eigenvalue weighted by Crippen LogP contribution is 2.15. The molecular weight excluding hydrogens is 292 g/mol. The Morgan fingerprint density at radius 1 is 1.19 bits per heavy atom. The smallest absolute Gasteiger partial charge is 0.274 e. The van der Waals surface area contributed by atoms with Gasteiger partial charge in [0.25, 0.3) is 5.56 Å². The predicted molar refractivity (Wildman–Crippen MR) is 78.9 cm³/mol. The van der Waals surface area contributed by atoms with Crippen LogP contribution in [0, 0.1) is 0 Å².